The Hall–Kier alpha value is -0.550. The van der Waals surface area contributed by atoms with E-state index in [-0.39, 0.29) is 12.3 Å². The topological polar surface area (TPSA) is 44.0 Å². The average Bonchev–Trinajstić information content (AvgIpc) is 1.67. The maximum Gasteiger partial charge on any atom is 0.0692 e. The molecule has 0 radical (unpaired) electrons. The van der Waals surface area contributed by atoms with E-state index < -0.39 is 6.10 Å². The summed E-state index contributed by atoms with van der Waals surface area (Å²) in [6.45, 7) is 3.78. The van der Waals surface area contributed by atoms with E-state index >= 15 is 0 Å². The predicted octanol–water partition coefficient (Wildman–Crippen LogP) is 0.917. The normalized spacial score (nSPS) is 13.4. The second-order valence-corrected chi connectivity index (χ2v) is 2.17. The summed E-state index contributed by atoms with van der Waals surface area (Å²) in [5.41, 5.74) is 0. The van der Waals surface area contributed by atoms with Gasteiger partial charge >= 0.3 is 0 Å². The molecule has 0 saturated heterocycles. The van der Waals surface area contributed by atoms with E-state index in [1.54, 1.807) is 0 Å². The number of hydrogen-bond acceptors (Lipinski definition) is 2. The quantitative estimate of drug-likeness (QED) is 0.578. The number of hydrogen-bond donors (Lipinski definition) is 1. The van der Waals surface area contributed by atoms with Crippen molar-refractivity contribution in [2.75, 3.05) is 0 Å². The summed E-state index contributed by atoms with van der Waals surface area (Å²) in [4.78, 5) is 0. The fraction of sp³-hybridized carbons (Fsp3) is 0.833. The Kier molecular flexibility index (Phi) is 3.21. The van der Waals surface area contributed by atoms with Gasteiger partial charge in [-0.1, -0.05) is 13.8 Å². The van der Waals surface area contributed by atoms with Gasteiger partial charge < -0.3 is 5.11 Å². The zero-order valence-electron chi connectivity index (χ0n) is 5.26. The zero-order valence-corrected chi connectivity index (χ0v) is 5.26. The van der Waals surface area contributed by atoms with Gasteiger partial charge in [-0.05, 0) is 5.92 Å². The number of rotatable bonds is 2. The molecule has 0 rings (SSSR count). The third-order valence-electron chi connectivity index (χ3n) is 1.07. The lowest BCUT2D eigenvalue weighted by molar-refractivity contribution is 0.130. The van der Waals surface area contributed by atoms with Crippen LogP contribution >= 0.6 is 0 Å². The van der Waals surface area contributed by atoms with Crippen LogP contribution in [0.15, 0.2) is 0 Å². The van der Waals surface area contributed by atoms with Crippen LogP contribution in [0.4, 0.5) is 0 Å². The molecule has 0 amide bonds. The predicted molar refractivity (Wildman–Crippen MR) is 31.1 cm³/mol. The summed E-state index contributed by atoms with van der Waals surface area (Å²) in [6, 6.07) is 1.90. The summed E-state index contributed by atoms with van der Waals surface area (Å²) < 4.78 is 0. The Labute approximate surface area is 49.8 Å². The van der Waals surface area contributed by atoms with Crippen molar-refractivity contribution in [2.24, 2.45) is 5.92 Å². The molecule has 2 nitrogen and oxygen atoms in total. The van der Waals surface area contributed by atoms with Crippen molar-refractivity contribution in [2.45, 2.75) is 26.4 Å². The minimum Gasteiger partial charge on any atom is -0.392 e. The molecule has 0 aliphatic carbocycles. The lowest BCUT2D eigenvalue weighted by Gasteiger charge is -2.08. The van der Waals surface area contributed by atoms with E-state index in [2.05, 4.69) is 0 Å². The highest BCUT2D eigenvalue weighted by atomic mass is 16.3. The van der Waals surface area contributed by atoms with E-state index in [1.807, 2.05) is 19.9 Å². The Balaban J connectivity index is 3.35. The van der Waals surface area contributed by atoms with Crippen LogP contribution in [0.3, 0.4) is 0 Å². The molecular weight excluding hydrogens is 102 g/mol. The van der Waals surface area contributed by atoms with Crippen LogP contribution in [0.1, 0.15) is 20.3 Å². The van der Waals surface area contributed by atoms with Gasteiger partial charge in [0.2, 0.25) is 0 Å². The first-order valence-corrected chi connectivity index (χ1v) is 2.73. The number of nitrogens with zero attached hydrogens (tertiary/aromatic N) is 1. The van der Waals surface area contributed by atoms with Gasteiger partial charge in [0, 0.05) is 0 Å². The van der Waals surface area contributed by atoms with Crippen molar-refractivity contribution in [1.29, 1.82) is 5.26 Å². The highest BCUT2D eigenvalue weighted by Gasteiger charge is 2.06. The van der Waals surface area contributed by atoms with Crippen LogP contribution in [-0.2, 0) is 0 Å². The van der Waals surface area contributed by atoms with E-state index in [4.69, 9.17) is 10.4 Å². The standard InChI is InChI=1S/C6H11NO/c1-5(2)6(8)3-4-7/h5-6,8H,3H2,1-2H3/t6-/m0/s1. The summed E-state index contributed by atoms with van der Waals surface area (Å²) >= 11 is 0. The van der Waals surface area contributed by atoms with Crippen molar-refractivity contribution in [3.63, 3.8) is 0 Å². The van der Waals surface area contributed by atoms with Crippen LogP contribution in [0.5, 0.6) is 0 Å². The van der Waals surface area contributed by atoms with Crippen LogP contribution in [0, 0.1) is 17.2 Å². The third-order valence-corrected chi connectivity index (χ3v) is 1.07. The monoisotopic (exact) mass is 113 g/mol. The van der Waals surface area contributed by atoms with E-state index in [9.17, 15) is 0 Å². The summed E-state index contributed by atoms with van der Waals surface area (Å²) in [5.74, 6) is 0.203. The first kappa shape index (κ1) is 7.45. The number of nitriles is 1. The second kappa shape index (κ2) is 3.45. The van der Waals surface area contributed by atoms with Crippen LogP contribution in [0.2, 0.25) is 0 Å². The van der Waals surface area contributed by atoms with Crippen molar-refractivity contribution < 1.29 is 5.11 Å². The molecule has 1 N–H and O–H groups in total. The third kappa shape index (κ3) is 2.59. The maximum atomic E-state index is 8.90. The molecule has 0 fully saturated rings. The molecule has 2 heteroatoms. The molecule has 46 valence electrons. The van der Waals surface area contributed by atoms with E-state index in [1.165, 1.54) is 0 Å². The number of aliphatic hydroxyl groups excluding tert-OH is 1. The molecule has 0 aliphatic heterocycles. The van der Waals surface area contributed by atoms with Gasteiger partial charge in [-0.3, -0.25) is 0 Å². The first-order valence-electron chi connectivity index (χ1n) is 2.73. The molecule has 1 atom stereocenters. The lowest BCUT2D eigenvalue weighted by atomic mass is 10.1. The van der Waals surface area contributed by atoms with Gasteiger partial charge in [0.25, 0.3) is 0 Å². The molecule has 0 heterocycles. The molecule has 0 aliphatic rings. The molecule has 8 heavy (non-hydrogen) atoms. The average molecular weight is 113 g/mol. The summed E-state index contributed by atoms with van der Waals surface area (Å²) in [7, 11) is 0. The van der Waals surface area contributed by atoms with Crippen molar-refractivity contribution in [3.05, 3.63) is 0 Å². The van der Waals surface area contributed by atoms with Gasteiger partial charge in [-0.2, -0.15) is 5.26 Å². The zero-order chi connectivity index (χ0) is 6.57. The Bertz CT molecular complexity index is 93.2. The Morgan fingerprint density at radius 1 is 1.62 bits per heavy atom. The molecule has 0 unspecified atom stereocenters. The first-order chi connectivity index (χ1) is 3.68. The van der Waals surface area contributed by atoms with Crippen molar-refractivity contribution in [1.82, 2.24) is 0 Å². The molecule has 0 aromatic carbocycles. The Morgan fingerprint density at radius 3 is 2.25 bits per heavy atom. The molecule has 0 aromatic heterocycles. The molecule has 0 saturated carbocycles. The minimum atomic E-state index is -0.444. The van der Waals surface area contributed by atoms with Gasteiger partial charge in [0.1, 0.15) is 0 Å². The SMILES string of the molecule is CC(C)[C@@H](O)CC#N. The molecule has 0 aromatic rings. The maximum absolute atomic E-state index is 8.90. The smallest absolute Gasteiger partial charge is 0.0692 e. The fourth-order valence-electron chi connectivity index (χ4n) is 0.329. The largest absolute Gasteiger partial charge is 0.392 e. The van der Waals surface area contributed by atoms with Gasteiger partial charge in [-0.15, -0.1) is 0 Å². The van der Waals surface area contributed by atoms with Crippen LogP contribution < -0.4 is 0 Å². The molecule has 0 bridgehead atoms. The van der Waals surface area contributed by atoms with Gasteiger partial charge in [0.05, 0.1) is 18.6 Å². The lowest BCUT2D eigenvalue weighted by Crippen LogP contribution is -2.12. The molecular formula is C6H11NO. The van der Waals surface area contributed by atoms with Gasteiger partial charge in [0.15, 0.2) is 0 Å². The van der Waals surface area contributed by atoms with E-state index in [0.717, 1.165) is 0 Å². The number of aliphatic hydroxyl groups is 1. The summed E-state index contributed by atoms with van der Waals surface area (Å²) in [6.07, 6.45) is -0.197. The Morgan fingerprint density at radius 2 is 2.12 bits per heavy atom. The van der Waals surface area contributed by atoms with Crippen molar-refractivity contribution in [3.8, 4) is 6.07 Å². The van der Waals surface area contributed by atoms with Gasteiger partial charge in [-0.25, -0.2) is 0 Å². The van der Waals surface area contributed by atoms with E-state index in [0.29, 0.717) is 0 Å². The summed E-state index contributed by atoms with van der Waals surface area (Å²) in [5, 5.41) is 17.0. The van der Waals surface area contributed by atoms with Crippen LogP contribution in [0.25, 0.3) is 0 Å². The fourth-order valence-corrected chi connectivity index (χ4v) is 0.329. The minimum absolute atomic E-state index is 0.203. The highest BCUT2D eigenvalue weighted by Crippen LogP contribution is 2.02. The highest BCUT2D eigenvalue weighted by molar-refractivity contribution is 4.76. The second-order valence-electron chi connectivity index (χ2n) is 2.17. The van der Waals surface area contributed by atoms with Crippen molar-refractivity contribution >= 4 is 0 Å². The van der Waals surface area contributed by atoms with Crippen LogP contribution in [-0.4, -0.2) is 11.2 Å². The molecule has 0 spiro atoms.